The summed E-state index contributed by atoms with van der Waals surface area (Å²) in [6.45, 7) is 7.28. The zero-order chi connectivity index (χ0) is 14.4. The molecule has 2 N–H and O–H groups in total. The van der Waals surface area contributed by atoms with E-state index >= 15 is 0 Å². The molecule has 0 atom stereocenters. The molecule has 4 nitrogen and oxygen atoms in total. The first-order valence-electron chi connectivity index (χ1n) is 8.12. The van der Waals surface area contributed by atoms with Crippen LogP contribution in [-0.2, 0) is 6.42 Å². The average molecular weight is 276 g/mol. The zero-order valence-corrected chi connectivity index (χ0v) is 13.1. The van der Waals surface area contributed by atoms with Gasteiger partial charge < -0.3 is 10.6 Å². The Labute approximate surface area is 122 Å². The maximum Gasteiger partial charge on any atom is 0.134 e. The van der Waals surface area contributed by atoms with Gasteiger partial charge in [0.15, 0.2) is 0 Å². The van der Waals surface area contributed by atoms with Crippen LogP contribution >= 0.6 is 0 Å². The quantitative estimate of drug-likeness (QED) is 0.827. The van der Waals surface area contributed by atoms with Crippen molar-refractivity contribution in [2.45, 2.75) is 71.8 Å². The summed E-state index contributed by atoms with van der Waals surface area (Å²) in [5.74, 6) is 2.97. The summed E-state index contributed by atoms with van der Waals surface area (Å²) in [6.07, 6.45) is 8.61. The minimum Gasteiger partial charge on any atom is -0.370 e. The highest BCUT2D eigenvalue weighted by molar-refractivity contribution is 5.57. The highest BCUT2D eigenvalue weighted by Gasteiger charge is 2.17. The van der Waals surface area contributed by atoms with Gasteiger partial charge in [-0.25, -0.2) is 9.97 Å². The number of aryl methyl sites for hydroxylation is 1. The van der Waals surface area contributed by atoms with E-state index in [1.807, 2.05) is 0 Å². The molecule has 0 bridgehead atoms. The molecule has 0 aliphatic heterocycles. The molecule has 1 saturated carbocycles. The van der Waals surface area contributed by atoms with Crippen molar-refractivity contribution >= 4 is 11.6 Å². The molecule has 0 unspecified atom stereocenters. The standard InChI is InChI=1S/C16H28N4/c1-4-9-14-19-15(17-5-2)12(3)16(20-14)18-13-10-7-6-8-11-13/h13H,4-11H2,1-3H3,(H2,17,18,19,20). The number of anilines is 2. The summed E-state index contributed by atoms with van der Waals surface area (Å²) in [7, 11) is 0. The van der Waals surface area contributed by atoms with E-state index in [2.05, 4.69) is 36.4 Å². The molecule has 20 heavy (non-hydrogen) atoms. The maximum atomic E-state index is 4.74. The van der Waals surface area contributed by atoms with E-state index in [1.54, 1.807) is 0 Å². The van der Waals surface area contributed by atoms with Gasteiger partial charge in [-0.15, -0.1) is 0 Å². The smallest absolute Gasteiger partial charge is 0.134 e. The summed E-state index contributed by atoms with van der Waals surface area (Å²) >= 11 is 0. The number of aromatic nitrogens is 2. The summed E-state index contributed by atoms with van der Waals surface area (Å²) < 4.78 is 0. The fourth-order valence-electron chi connectivity index (χ4n) is 2.82. The summed E-state index contributed by atoms with van der Waals surface area (Å²) in [5, 5.41) is 7.02. The van der Waals surface area contributed by atoms with Crippen molar-refractivity contribution in [3.8, 4) is 0 Å². The minimum absolute atomic E-state index is 0.585. The van der Waals surface area contributed by atoms with Crippen molar-refractivity contribution in [1.82, 2.24) is 9.97 Å². The molecule has 1 aliphatic rings. The van der Waals surface area contributed by atoms with E-state index in [9.17, 15) is 0 Å². The lowest BCUT2D eigenvalue weighted by Crippen LogP contribution is -2.24. The van der Waals surface area contributed by atoms with E-state index in [4.69, 9.17) is 4.98 Å². The van der Waals surface area contributed by atoms with Crippen LogP contribution in [-0.4, -0.2) is 22.6 Å². The molecule has 1 aromatic heterocycles. The van der Waals surface area contributed by atoms with Gasteiger partial charge >= 0.3 is 0 Å². The van der Waals surface area contributed by atoms with Gasteiger partial charge in [0.25, 0.3) is 0 Å². The molecule has 0 spiro atoms. The van der Waals surface area contributed by atoms with Gasteiger partial charge in [0.2, 0.25) is 0 Å². The second-order valence-corrected chi connectivity index (χ2v) is 5.72. The van der Waals surface area contributed by atoms with Crippen molar-refractivity contribution in [1.29, 1.82) is 0 Å². The van der Waals surface area contributed by atoms with E-state index in [0.717, 1.165) is 42.4 Å². The van der Waals surface area contributed by atoms with E-state index < -0.39 is 0 Å². The minimum atomic E-state index is 0.585. The van der Waals surface area contributed by atoms with Crippen molar-refractivity contribution in [3.63, 3.8) is 0 Å². The highest BCUT2D eigenvalue weighted by atomic mass is 15.1. The normalized spacial score (nSPS) is 16.1. The summed E-state index contributed by atoms with van der Waals surface area (Å²) in [5.41, 5.74) is 1.15. The van der Waals surface area contributed by atoms with Crippen LogP contribution in [0.4, 0.5) is 11.6 Å². The Morgan fingerprint density at radius 3 is 2.40 bits per heavy atom. The largest absolute Gasteiger partial charge is 0.370 e. The molecule has 1 aromatic rings. The molecule has 0 saturated heterocycles. The fourth-order valence-corrected chi connectivity index (χ4v) is 2.82. The van der Waals surface area contributed by atoms with Crippen LogP contribution in [0.2, 0.25) is 0 Å². The van der Waals surface area contributed by atoms with Crippen molar-refractivity contribution < 1.29 is 0 Å². The zero-order valence-electron chi connectivity index (χ0n) is 13.1. The molecule has 4 heteroatoms. The Bertz CT molecular complexity index is 425. The molecule has 2 rings (SSSR count). The lowest BCUT2D eigenvalue weighted by Gasteiger charge is -2.25. The number of rotatable bonds is 6. The van der Waals surface area contributed by atoms with Gasteiger partial charge in [-0.05, 0) is 33.1 Å². The number of nitrogens with one attached hydrogen (secondary N) is 2. The third-order valence-corrected chi connectivity index (χ3v) is 3.96. The highest BCUT2D eigenvalue weighted by Crippen LogP contribution is 2.25. The van der Waals surface area contributed by atoms with Crippen molar-refractivity contribution in [3.05, 3.63) is 11.4 Å². The molecule has 0 aromatic carbocycles. The second-order valence-electron chi connectivity index (χ2n) is 5.72. The van der Waals surface area contributed by atoms with E-state index in [1.165, 1.54) is 32.1 Å². The van der Waals surface area contributed by atoms with Crippen LogP contribution in [0.25, 0.3) is 0 Å². The van der Waals surface area contributed by atoms with Crippen LogP contribution in [0, 0.1) is 6.92 Å². The fraction of sp³-hybridized carbons (Fsp3) is 0.750. The Hall–Kier alpha value is -1.32. The summed E-state index contributed by atoms with van der Waals surface area (Å²) in [4.78, 5) is 9.38. The lowest BCUT2D eigenvalue weighted by molar-refractivity contribution is 0.461. The van der Waals surface area contributed by atoms with Gasteiger partial charge in [-0.1, -0.05) is 26.2 Å². The first kappa shape index (κ1) is 15.1. The predicted octanol–water partition coefficient (Wildman–Crippen LogP) is 3.91. The van der Waals surface area contributed by atoms with Crippen LogP contribution in [0.15, 0.2) is 0 Å². The molecule has 1 fully saturated rings. The summed E-state index contributed by atoms with van der Waals surface area (Å²) in [6, 6.07) is 0.585. The van der Waals surface area contributed by atoms with Crippen molar-refractivity contribution in [2.75, 3.05) is 17.2 Å². The Balaban J connectivity index is 2.19. The third-order valence-electron chi connectivity index (χ3n) is 3.96. The van der Waals surface area contributed by atoms with Crippen LogP contribution in [0.1, 0.15) is 63.8 Å². The van der Waals surface area contributed by atoms with Gasteiger partial charge in [-0.2, -0.15) is 0 Å². The van der Waals surface area contributed by atoms with E-state index in [0.29, 0.717) is 6.04 Å². The van der Waals surface area contributed by atoms with Gasteiger partial charge in [-0.3, -0.25) is 0 Å². The Morgan fingerprint density at radius 1 is 1.05 bits per heavy atom. The van der Waals surface area contributed by atoms with Crippen LogP contribution in [0.5, 0.6) is 0 Å². The van der Waals surface area contributed by atoms with Crippen molar-refractivity contribution in [2.24, 2.45) is 0 Å². The molecule has 1 heterocycles. The van der Waals surface area contributed by atoms with Gasteiger partial charge in [0.05, 0.1) is 0 Å². The van der Waals surface area contributed by atoms with Gasteiger partial charge in [0.1, 0.15) is 17.5 Å². The molecule has 0 radical (unpaired) electrons. The lowest BCUT2D eigenvalue weighted by atomic mass is 9.95. The first-order chi connectivity index (χ1) is 9.74. The Morgan fingerprint density at radius 2 is 1.75 bits per heavy atom. The average Bonchev–Trinajstić information content (AvgIpc) is 2.45. The molecule has 1 aliphatic carbocycles. The monoisotopic (exact) mass is 276 g/mol. The number of hydrogen-bond donors (Lipinski definition) is 2. The number of hydrogen-bond acceptors (Lipinski definition) is 4. The third kappa shape index (κ3) is 3.84. The molecular formula is C16H28N4. The van der Waals surface area contributed by atoms with E-state index in [-0.39, 0.29) is 0 Å². The predicted molar refractivity (Wildman–Crippen MR) is 85.4 cm³/mol. The molecular weight excluding hydrogens is 248 g/mol. The topological polar surface area (TPSA) is 49.8 Å². The van der Waals surface area contributed by atoms with Gasteiger partial charge in [0, 0.05) is 24.6 Å². The SMILES string of the molecule is CCCc1nc(NCC)c(C)c(NC2CCCCC2)n1. The number of nitrogens with zero attached hydrogens (tertiary/aromatic N) is 2. The second kappa shape index (κ2) is 7.46. The Kier molecular flexibility index (Phi) is 5.62. The molecule has 112 valence electrons. The molecule has 0 amide bonds. The first-order valence-corrected chi connectivity index (χ1v) is 8.12. The van der Waals surface area contributed by atoms with Crippen LogP contribution < -0.4 is 10.6 Å². The maximum absolute atomic E-state index is 4.74. The van der Waals surface area contributed by atoms with Crippen LogP contribution in [0.3, 0.4) is 0 Å².